The van der Waals surface area contributed by atoms with E-state index in [1.54, 1.807) is 31.7 Å². The Balaban J connectivity index is 1.49. The molecule has 1 atom stereocenters. The highest BCUT2D eigenvalue weighted by Crippen LogP contribution is 2.43. The molecule has 0 spiro atoms. The molecule has 0 unspecified atom stereocenters. The van der Waals surface area contributed by atoms with Crippen LogP contribution in [-0.2, 0) is 0 Å². The molecule has 1 fully saturated rings. The van der Waals surface area contributed by atoms with Crippen LogP contribution in [0.3, 0.4) is 0 Å². The normalized spacial score (nSPS) is 15.5. The third-order valence-corrected chi connectivity index (χ3v) is 6.93. The number of hydrogen-bond acceptors (Lipinski definition) is 7. The third kappa shape index (κ3) is 4.06. The van der Waals surface area contributed by atoms with Gasteiger partial charge >= 0.3 is 0 Å². The first-order valence-corrected chi connectivity index (χ1v) is 11.8. The number of furan rings is 1. The Labute approximate surface area is 206 Å². The number of anilines is 1. The standard InChI is InChI=1S/C24H25Cl2N5O3/c1-13(20-18(25)3-4-19(32-2)21(20)26)34-23-22-16(10-29-24(23)27)17(12-33-22)14-9-30-31(11-14)15-5-7-28-8-6-15/h3-4,9-13,15,28H,5-8H2,1-2H3,(H2,27,29)/t13-/m1/s1. The highest BCUT2D eigenvalue weighted by atomic mass is 35.5. The molecule has 1 aromatic carbocycles. The molecule has 3 N–H and O–H groups in total. The Morgan fingerprint density at radius 1 is 1.24 bits per heavy atom. The van der Waals surface area contributed by atoms with Gasteiger partial charge in [-0.1, -0.05) is 23.2 Å². The van der Waals surface area contributed by atoms with E-state index < -0.39 is 6.10 Å². The SMILES string of the molecule is COc1ccc(Cl)c([C@@H](C)Oc2c(N)ncc3c(-c4cnn(C5CCNCC5)c4)coc23)c1Cl. The van der Waals surface area contributed by atoms with Crippen LogP contribution in [0.1, 0.15) is 37.5 Å². The Morgan fingerprint density at radius 2 is 2.03 bits per heavy atom. The second-order valence-electron chi connectivity index (χ2n) is 8.29. The summed E-state index contributed by atoms with van der Waals surface area (Å²) >= 11 is 12.9. The van der Waals surface area contributed by atoms with Crippen LogP contribution in [0.4, 0.5) is 5.82 Å². The number of fused-ring (bicyclic) bond motifs is 1. The molecular weight excluding hydrogens is 477 g/mol. The molecule has 3 aromatic heterocycles. The molecule has 178 valence electrons. The molecule has 0 amide bonds. The van der Waals surface area contributed by atoms with E-state index in [4.69, 9.17) is 42.8 Å². The van der Waals surface area contributed by atoms with Crippen molar-refractivity contribution in [2.45, 2.75) is 31.9 Å². The van der Waals surface area contributed by atoms with Crippen molar-refractivity contribution in [3.05, 3.63) is 52.6 Å². The van der Waals surface area contributed by atoms with Gasteiger partial charge in [0.05, 0.1) is 29.8 Å². The summed E-state index contributed by atoms with van der Waals surface area (Å²) in [4.78, 5) is 4.35. The van der Waals surface area contributed by atoms with Crippen molar-refractivity contribution in [1.82, 2.24) is 20.1 Å². The van der Waals surface area contributed by atoms with Gasteiger partial charge in [0, 0.05) is 34.1 Å². The molecule has 0 bridgehead atoms. The second-order valence-corrected chi connectivity index (χ2v) is 9.08. The number of hydrogen-bond donors (Lipinski definition) is 2. The molecule has 1 saturated heterocycles. The van der Waals surface area contributed by atoms with E-state index in [0.717, 1.165) is 42.4 Å². The highest BCUT2D eigenvalue weighted by molar-refractivity contribution is 6.37. The van der Waals surface area contributed by atoms with Crippen molar-refractivity contribution in [2.24, 2.45) is 0 Å². The number of benzene rings is 1. The van der Waals surface area contributed by atoms with Crippen LogP contribution in [0.15, 0.2) is 41.4 Å². The molecule has 5 rings (SSSR count). The number of aromatic nitrogens is 3. The molecule has 4 heterocycles. The van der Waals surface area contributed by atoms with Crippen LogP contribution in [0.5, 0.6) is 11.5 Å². The smallest absolute Gasteiger partial charge is 0.205 e. The molecule has 34 heavy (non-hydrogen) atoms. The van der Waals surface area contributed by atoms with E-state index in [2.05, 4.69) is 21.6 Å². The first-order chi connectivity index (χ1) is 16.5. The Morgan fingerprint density at radius 3 is 2.79 bits per heavy atom. The lowest BCUT2D eigenvalue weighted by molar-refractivity contribution is 0.227. The van der Waals surface area contributed by atoms with Crippen LogP contribution in [0, 0.1) is 0 Å². The maximum absolute atomic E-state index is 6.51. The topological polar surface area (TPSA) is 100 Å². The van der Waals surface area contributed by atoms with Crippen LogP contribution in [-0.4, -0.2) is 35.0 Å². The molecule has 10 heteroatoms. The minimum absolute atomic E-state index is 0.209. The fraction of sp³-hybridized carbons (Fsp3) is 0.333. The van der Waals surface area contributed by atoms with Crippen molar-refractivity contribution in [2.75, 3.05) is 25.9 Å². The van der Waals surface area contributed by atoms with E-state index in [9.17, 15) is 0 Å². The predicted octanol–water partition coefficient (Wildman–Crippen LogP) is 5.65. The fourth-order valence-corrected chi connectivity index (χ4v) is 5.14. The van der Waals surface area contributed by atoms with Gasteiger partial charge in [-0.3, -0.25) is 4.68 Å². The lowest BCUT2D eigenvalue weighted by Crippen LogP contribution is -2.29. The Kier molecular flexibility index (Phi) is 6.29. The maximum Gasteiger partial charge on any atom is 0.205 e. The van der Waals surface area contributed by atoms with E-state index in [0.29, 0.717) is 38.7 Å². The van der Waals surface area contributed by atoms with Gasteiger partial charge in [0.2, 0.25) is 5.75 Å². The van der Waals surface area contributed by atoms with Gasteiger partial charge in [-0.05, 0) is 45.0 Å². The summed E-state index contributed by atoms with van der Waals surface area (Å²) in [7, 11) is 1.55. The largest absolute Gasteiger partial charge is 0.495 e. The van der Waals surface area contributed by atoms with Gasteiger partial charge in [-0.25, -0.2) is 4.98 Å². The van der Waals surface area contributed by atoms with Crippen LogP contribution < -0.4 is 20.5 Å². The monoisotopic (exact) mass is 501 g/mol. The van der Waals surface area contributed by atoms with Gasteiger partial charge in [0.25, 0.3) is 0 Å². The number of nitrogens with two attached hydrogens (primary N) is 1. The number of nitrogens with zero attached hydrogens (tertiary/aromatic N) is 3. The first kappa shape index (κ1) is 22.8. The predicted molar refractivity (Wildman–Crippen MR) is 133 cm³/mol. The van der Waals surface area contributed by atoms with Crippen molar-refractivity contribution in [3.8, 4) is 22.6 Å². The molecule has 1 aliphatic heterocycles. The maximum atomic E-state index is 6.51. The number of rotatable bonds is 6. The van der Waals surface area contributed by atoms with Gasteiger partial charge < -0.3 is 24.9 Å². The summed E-state index contributed by atoms with van der Waals surface area (Å²) in [5.74, 6) is 1.05. The van der Waals surface area contributed by atoms with Crippen molar-refractivity contribution < 1.29 is 13.9 Å². The summed E-state index contributed by atoms with van der Waals surface area (Å²) in [6, 6.07) is 3.81. The number of methoxy groups -OCH3 is 1. The number of piperidine rings is 1. The number of nitrogens with one attached hydrogen (secondary N) is 1. The molecule has 0 saturated carbocycles. The van der Waals surface area contributed by atoms with Crippen molar-refractivity contribution in [3.63, 3.8) is 0 Å². The van der Waals surface area contributed by atoms with Crippen LogP contribution in [0.25, 0.3) is 22.1 Å². The molecule has 0 radical (unpaired) electrons. The summed E-state index contributed by atoms with van der Waals surface area (Å²) in [6.07, 6.45) is 8.83. The molecule has 0 aliphatic carbocycles. The fourth-order valence-electron chi connectivity index (χ4n) is 4.38. The van der Waals surface area contributed by atoms with E-state index >= 15 is 0 Å². The quantitative estimate of drug-likeness (QED) is 0.351. The van der Waals surface area contributed by atoms with Crippen molar-refractivity contribution in [1.29, 1.82) is 0 Å². The zero-order chi connectivity index (χ0) is 23.8. The Hall–Kier alpha value is -2.94. The second kappa shape index (κ2) is 9.37. The lowest BCUT2D eigenvalue weighted by Gasteiger charge is -2.22. The zero-order valence-electron chi connectivity index (χ0n) is 18.8. The third-order valence-electron chi connectivity index (χ3n) is 6.21. The van der Waals surface area contributed by atoms with Gasteiger partial charge in [-0.15, -0.1) is 0 Å². The zero-order valence-corrected chi connectivity index (χ0v) is 20.4. The van der Waals surface area contributed by atoms with Crippen LogP contribution in [0.2, 0.25) is 10.0 Å². The molecule has 1 aliphatic rings. The minimum Gasteiger partial charge on any atom is -0.495 e. The first-order valence-electron chi connectivity index (χ1n) is 11.1. The average molecular weight is 502 g/mol. The number of halogens is 2. The van der Waals surface area contributed by atoms with Gasteiger partial charge in [0.15, 0.2) is 11.4 Å². The minimum atomic E-state index is -0.541. The van der Waals surface area contributed by atoms with E-state index in [-0.39, 0.29) is 5.82 Å². The molecule has 8 nitrogen and oxygen atoms in total. The average Bonchev–Trinajstić information content (AvgIpc) is 3.49. The van der Waals surface area contributed by atoms with Gasteiger partial charge in [0.1, 0.15) is 18.1 Å². The summed E-state index contributed by atoms with van der Waals surface area (Å²) < 4.78 is 19.5. The summed E-state index contributed by atoms with van der Waals surface area (Å²) in [6.45, 7) is 3.83. The highest BCUT2D eigenvalue weighted by Gasteiger charge is 2.24. The number of nitrogen functional groups attached to an aromatic ring is 1. The Bertz CT molecular complexity index is 1330. The van der Waals surface area contributed by atoms with Gasteiger partial charge in [-0.2, -0.15) is 5.10 Å². The van der Waals surface area contributed by atoms with Crippen LogP contribution >= 0.6 is 23.2 Å². The molecule has 4 aromatic rings. The van der Waals surface area contributed by atoms with E-state index in [1.807, 2.05) is 17.8 Å². The summed E-state index contributed by atoms with van der Waals surface area (Å²) in [5, 5.41) is 9.60. The van der Waals surface area contributed by atoms with Crippen molar-refractivity contribution >= 4 is 40.0 Å². The number of ether oxygens (including phenoxy) is 2. The lowest BCUT2D eigenvalue weighted by atomic mass is 10.1. The molecular formula is C24H25Cl2N5O3. The van der Waals surface area contributed by atoms with E-state index in [1.165, 1.54) is 0 Å². The summed E-state index contributed by atoms with van der Waals surface area (Å²) in [5.41, 5.74) is 9.10. The number of pyridine rings is 1.